The van der Waals surface area contributed by atoms with Gasteiger partial charge in [0, 0.05) is 44.3 Å². The van der Waals surface area contributed by atoms with Gasteiger partial charge in [-0.2, -0.15) is 4.36 Å². The zero-order chi connectivity index (χ0) is 16.4. The van der Waals surface area contributed by atoms with Crippen LogP contribution in [0.15, 0.2) is 4.36 Å². The third kappa shape index (κ3) is 3.11. The van der Waals surface area contributed by atoms with Crippen LogP contribution in [0.4, 0.5) is 20.2 Å². The first kappa shape index (κ1) is 16.7. The van der Waals surface area contributed by atoms with E-state index in [1.165, 1.54) is 0 Å². The predicted molar refractivity (Wildman–Crippen MR) is 84.0 cm³/mol. The predicted octanol–water partition coefficient (Wildman–Crippen LogP) is 0.173. The average molecular weight is 342 g/mol. The largest absolute Gasteiger partial charge is 0.499 e. The van der Waals surface area contributed by atoms with Gasteiger partial charge in [-0.15, -0.1) is 0 Å². The average Bonchev–Trinajstić information content (AvgIpc) is 2.59. The van der Waals surface area contributed by atoms with E-state index in [1.807, 2.05) is 0 Å². The first-order chi connectivity index (χ1) is 11.1. The molecule has 3 rings (SSSR count). The molecule has 1 aromatic rings. The third-order valence-corrected chi connectivity index (χ3v) is 3.87. The van der Waals surface area contributed by atoms with Gasteiger partial charge in [0.15, 0.2) is 11.6 Å². The van der Waals surface area contributed by atoms with Crippen molar-refractivity contribution in [3.8, 4) is 0 Å². The number of halogens is 2. The molecule has 0 spiro atoms. The van der Waals surface area contributed by atoms with E-state index in [1.54, 1.807) is 0 Å². The van der Waals surface area contributed by atoms with Gasteiger partial charge in [-0.3, -0.25) is 0 Å². The molecule has 0 radical (unpaired) electrons. The monoisotopic (exact) mass is 342 g/mol. The van der Waals surface area contributed by atoms with Crippen LogP contribution in [0.2, 0.25) is 0 Å². The van der Waals surface area contributed by atoms with Gasteiger partial charge in [-0.05, 0) is 12.8 Å². The number of hydrogen-bond acceptors (Lipinski definition) is 7. The molecule has 2 aliphatic rings. The summed E-state index contributed by atoms with van der Waals surface area (Å²) >= 11 is 4.69. The SMILES string of the molecule is Nc1c(N=S)c(B2OCCCO2)c(F)c(F)c1B1OCCCO1. The second-order valence-electron chi connectivity index (χ2n) is 5.16. The highest BCUT2D eigenvalue weighted by molar-refractivity contribution is 7.47. The van der Waals surface area contributed by atoms with Crippen LogP contribution in [0.25, 0.3) is 0 Å². The topological polar surface area (TPSA) is 75.3 Å². The molecule has 23 heavy (non-hydrogen) atoms. The van der Waals surface area contributed by atoms with Gasteiger partial charge in [0.05, 0.1) is 11.2 Å². The fourth-order valence-electron chi connectivity index (χ4n) is 2.58. The molecule has 2 N–H and O–H groups in total. The van der Waals surface area contributed by atoms with Crippen LogP contribution in [0.5, 0.6) is 0 Å². The molecule has 0 aromatic heterocycles. The molecular weight excluding hydrogens is 328 g/mol. The molecule has 122 valence electrons. The Morgan fingerprint density at radius 3 is 1.78 bits per heavy atom. The van der Waals surface area contributed by atoms with E-state index in [9.17, 15) is 8.78 Å². The second kappa shape index (κ2) is 7.18. The molecule has 2 aliphatic heterocycles. The number of rotatable bonds is 3. The van der Waals surface area contributed by atoms with Crippen molar-refractivity contribution in [2.45, 2.75) is 12.8 Å². The van der Waals surface area contributed by atoms with Gasteiger partial charge in [-0.25, -0.2) is 8.78 Å². The first-order valence-corrected chi connectivity index (χ1v) is 7.61. The van der Waals surface area contributed by atoms with Crippen LogP contribution in [-0.4, -0.2) is 40.7 Å². The third-order valence-electron chi connectivity index (χ3n) is 3.68. The summed E-state index contributed by atoms with van der Waals surface area (Å²) in [5, 5.41) is 0. The van der Waals surface area contributed by atoms with E-state index in [2.05, 4.69) is 16.8 Å². The van der Waals surface area contributed by atoms with Gasteiger partial charge >= 0.3 is 14.2 Å². The maximum absolute atomic E-state index is 14.6. The first-order valence-electron chi connectivity index (χ1n) is 7.25. The van der Waals surface area contributed by atoms with Crippen molar-refractivity contribution < 1.29 is 27.4 Å². The molecule has 0 atom stereocenters. The minimum absolute atomic E-state index is 0.0847. The van der Waals surface area contributed by atoms with Gasteiger partial charge in [0.25, 0.3) is 0 Å². The highest BCUT2D eigenvalue weighted by Crippen LogP contribution is 2.25. The Bertz CT molecular complexity index is 613. The Morgan fingerprint density at radius 2 is 1.30 bits per heavy atom. The van der Waals surface area contributed by atoms with Crippen molar-refractivity contribution in [1.82, 2.24) is 0 Å². The lowest BCUT2D eigenvalue weighted by Gasteiger charge is -2.25. The van der Waals surface area contributed by atoms with Crippen molar-refractivity contribution in [2.24, 2.45) is 4.36 Å². The standard InChI is InChI=1S/C12H14B2F2N2O4S/c15-9-7(13-19-3-1-4-20-13)11(17)12(18-23)8(10(9)16)14-21-5-2-6-22-14/h1-6,17H2. The van der Waals surface area contributed by atoms with Crippen LogP contribution < -0.4 is 16.7 Å². The molecule has 0 aliphatic carbocycles. The summed E-state index contributed by atoms with van der Waals surface area (Å²) in [7, 11) is -2.18. The molecule has 2 saturated heterocycles. The summed E-state index contributed by atoms with van der Waals surface area (Å²) in [5.41, 5.74) is 5.29. The Hall–Kier alpha value is -1.13. The van der Waals surface area contributed by atoms with Crippen molar-refractivity contribution in [2.75, 3.05) is 32.2 Å². The number of nitrogen functional groups attached to an aromatic ring is 1. The minimum atomic E-state index is -1.16. The number of hydrogen-bond donors (Lipinski definition) is 1. The maximum Gasteiger partial charge on any atom is 0.499 e. The molecule has 2 heterocycles. The van der Waals surface area contributed by atoms with Crippen LogP contribution >= 0.6 is 0 Å². The Morgan fingerprint density at radius 1 is 0.870 bits per heavy atom. The summed E-state index contributed by atoms with van der Waals surface area (Å²) < 4.78 is 54.1. The van der Waals surface area contributed by atoms with Gasteiger partial charge in [-0.1, -0.05) is 0 Å². The van der Waals surface area contributed by atoms with Crippen LogP contribution in [-0.2, 0) is 31.0 Å². The van der Waals surface area contributed by atoms with Crippen LogP contribution in [0.1, 0.15) is 12.8 Å². The highest BCUT2D eigenvalue weighted by Gasteiger charge is 2.39. The lowest BCUT2D eigenvalue weighted by atomic mass is 9.70. The molecule has 6 nitrogen and oxygen atoms in total. The summed E-state index contributed by atoms with van der Waals surface area (Å²) in [6.45, 7) is 1.45. The fourth-order valence-corrected chi connectivity index (χ4v) is 2.78. The Labute approximate surface area is 138 Å². The molecule has 0 bridgehead atoms. The molecular formula is C12H14B2F2N2O4S. The smallest absolute Gasteiger partial charge is 0.407 e. The molecule has 0 saturated carbocycles. The minimum Gasteiger partial charge on any atom is -0.407 e. The van der Waals surface area contributed by atoms with E-state index in [0.717, 1.165) is 0 Å². The summed E-state index contributed by atoms with van der Waals surface area (Å²) in [6.07, 6.45) is 1.33. The molecule has 11 heteroatoms. The van der Waals surface area contributed by atoms with Crippen LogP contribution in [0, 0.1) is 11.6 Å². The van der Waals surface area contributed by atoms with Gasteiger partial charge in [0.1, 0.15) is 5.69 Å². The quantitative estimate of drug-likeness (QED) is 0.624. The summed E-state index contributed by atoms with van der Waals surface area (Å²) in [4.78, 5) is 0. The fraction of sp³-hybridized carbons (Fsp3) is 0.500. The van der Waals surface area contributed by atoms with Crippen molar-refractivity contribution >= 4 is 49.0 Å². The summed E-state index contributed by atoms with van der Waals surface area (Å²) in [5.74, 6) is -2.33. The van der Waals surface area contributed by atoms with Crippen molar-refractivity contribution in [3.63, 3.8) is 0 Å². The summed E-state index contributed by atoms with van der Waals surface area (Å²) in [6, 6.07) is 0. The number of benzene rings is 1. The normalized spacial score (nSPS) is 19.0. The zero-order valence-corrected chi connectivity index (χ0v) is 13.0. The van der Waals surface area contributed by atoms with E-state index < -0.39 is 25.9 Å². The number of nitrogens with two attached hydrogens (primary N) is 1. The van der Waals surface area contributed by atoms with E-state index in [0.29, 0.717) is 39.3 Å². The number of anilines is 1. The highest BCUT2D eigenvalue weighted by atomic mass is 32.1. The molecule has 0 unspecified atom stereocenters. The number of nitrogens with zero attached hydrogens (tertiary/aromatic N) is 1. The van der Waals surface area contributed by atoms with E-state index >= 15 is 0 Å². The van der Waals surface area contributed by atoms with E-state index in [4.69, 9.17) is 24.4 Å². The lowest BCUT2D eigenvalue weighted by molar-refractivity contribution is 0.141. The lowest BCUT2D eigenvalue weighted by Crippen LogP contribution is -2.49. The van der Waals surface area contributed by atoms with E-state index in [-0.39, 0.29) is 22.3 Å². The van der Waals surface area contributed by atoms with Crippen LogP contribution in [0.3, 0.4) is 0 Å². The zero-order valence-electron chi connectivity index (χ0n) is 12.2. The maximum atomic E-state index is 14.6. The van der Waals surface area contributed by atoms with Gasteiger partial charge in [0.2, 0.25) is 0 Å². The second-order valence-corrected chi connectivity index (χ2v) is 5.35. The Balaban J connectivity index is 2.09. The van der Waals surface area contributed by atoms with Crippen molar-refractivity contribution in [3.05, 3.63) is 11.6 Å². The van der Waals surface area contributed by atoms with Crippen molar-refractivity contribution in [1.29, 1.82) is 0 Å². The van der Waals surface area contributed by atoms with Gasteiger partial charge < -0.3 is 24.4 Å². The Kier molecular flexibility index (Phi) is 5.22. The molecule has 0 amide bonds. The molecule has 1 aromatic carbocycles. The molecule has 2 fully saturated rings.